The summed E-state index contributed by atoms with van der Waals surface area (Å²) in [6.45, 7) is 7.51. The van der Waals surface area contributed by atoms with Gasteiger partial charge in [0.05, 0.1) is 23.5 Å². The molecule has 2 saturated heterocycles. The molecule has 0 spiro atoms. The summed E-state index contributed by atoms with van der Waals surface area (Å²) in [4.78, 5) is 65.9. The normalized spacial score (nSPS) is 23.9. The van der Waals surface area contributed by atoms with E-state index in [1.807, 2.05) is 12.1 Å². The molecule has 52 heavy (non-hydrogen) atoms. The van der Waals surface area contributed by atoms with Gasteiger partial charge in [-0.15, -0.1) is 5.10 Å². The molecule has 3 atom stereocenters. The predicted octanol–water partition coefficient (Wildman–Crippen LogP) is 2.38. The van der Waals surface area contributed by atoms with E-state index in [2.05, 4.69) is 42.5 Å². The van der Waals surface area contributed by atoms with Crippen molar-refractivity contribution in [3.8, 4) is 17.1 Å². The van der Waals surface area contributed by atoms with Crippen LogP contribution in [0.1, 0.15) is 83.7 Å². The van der Waals surface area contributed by atoms with Gasteiger partial charge < -0.3 is 15.0 Å². The molecule has 1 aromatic carbocycles. The Morgan fingerprint density at radius 1 is 0.962 bits per heavy atom. The molecule has 0 radical (unpaired) electrons. The lowest BCUT2D eigenvalue weighted by atomic mass is 9.94. The number of carbonyl (C=O) groups is 4. The first-order valence-electron chi connectivity index (χ1n) is 18.3. The van der Waals surface area contributed by atoms with Crippen molar-refractivity contribution in [2.45, 2.75) is 83.1 Å². The van der Waals surface area contributed by atoms with Gasteiger partial charge >= 0.3 is 0 Å². The van der Waals surface area contributed by atoms with Crippen LogP contribution in [0, 0.1) is 5.92 Å². The van der Waals surface area contributed by atoms with E-state index in [1.54, 1.807) is 23.1 Å². The van der Waals surface area contributed by atoms with Gasteiger partial charge in [0, 0.05) is 56.9 Å². The highest BCUT2D eigenvalue weighted by molar-refractivity contribution is 6.23. The van der Waals surface area contributed by atoms with Gasteiger partial charge in [-0.05, 0) is 74.2 Å². The summed E-state index contributed by atoms with van der Waals surface area (Å²) in [5, 5.41) is 17.6. The van der Waals surface area contributed by atoms with Crippen molar-refractivity contribution < 1.29 is 23.9 Å². The third kappa shape index (κ3) is 5.88. The number of aromatic amines is 1. The van der Waals surface area contributed by atoms with Crippen LogP contribution in [-0.4, -0.2) is 112 Å². The van der Waals surface area contributed by atoms with Gasteiger partial charge in [0.2, 0.25) is 23.6 Å². The monoisotopic (exact) mass is 707 g/mol. The molecule has 16 nitrogen and oxygen atoms in total. The van der Waals surface area contributed by atoms with Crippen LogP contribution in [-0.2, 0) is 22.7 Å². The second kappa shape index (κ2) is 13.1. The van der Waals surface area contributed by atoms with Gasteiger partial charge in [0.15, 0.2) is 5.65 Å². The Hall–Kier alpha value is -5.22. The van der Waals surface area contributed by atoms with Crippen molar-refractivity contribution in [2.75, 3.05) is 31.5 Å². The van der Waals surface area contributed by atoms with Crippen LogP contribution < -0.4 is 15.4 Å². The smallest absolute Gasteiger partial charge is 0.262 e. The third-order valence-corrected chi connectivity index (χ3v) is 11.2. The first-order valence-corrected chi connectivity index (χ1v) is 18.3. The lowest BCUT2D eigenvalue weighted by molar-refractivity contribution is -0.136. The molecule has 3 fully saturated rings. The lowest BCUT2D eigenvalue weighted by Crippen LogP contribution is -2.54. The van der Waals surface area contributed by atoms with Crippen molar-refractivity contribution in [2.24, 2.45) is 5.92 Å². The van der Waals surface area contributed by atoms with Crippen molar-refractivity contribution in [1.29, 1.82) is 0 Å². The van der Waals surface area contributed by atoms with Gasteiger partial charge in [-0.3, -0.25) is 39.4 Å². The van der Waals surface area contributed by atoms with Crippen molar-refractivity contribution >= 4 is 35.2 Å². The minimum atomic E-state index is -0.952. The largest absolute Gasteiger partial charge is 0.473 e. The van der Waals surface area contributed by atoms with Gasteiger partial charge in [-0.2, -0.15) is 14.6 Å². The molecular weight excluding hydrogens is 666 g/mol. The fourth-order valence-electron chi connectivity index (χ4n) is 8.16. The molecule has 16 heteroatoms. The fraction of sp³-hybridized carbons (Fsp3) is 0.500. The zero-order chi connectivity index (χ0) is 35.5. The van der Waals surface area contributed by atoms with Crippen LogP contribution in [0.5, 0.6) is 5.88 Å². The second-order valence-electron chi connectivity index (χ2n) is 14.8. The summed E-state index contributed by atoms with van der Waals surface area (Å²) in [6, 6.07) is 2.93. The molecule has 3 aromatic heterocycles. The fourth-order valence-corrected chi connectivity index (χ4v) is 8.16. The number of anilines is 1. The molecule has 7 heterocycles. The van der Waals surface area contributed by atoms with E-state index >= 15 is 0 Å². The summed E-state index contributed by atoms with van der Waals surface area (Å²) >= 11 is 0. The number of likely N-dealkylation sites (tertiary alicyclic amines) is 1. The Morgan fingerprint density at radius 2 is 1.73 bits per heavy atom. The average molecular weight is 708 g/mol. The molecule has 9 rings (SSSR count). The third-order valence-electron chi connectivity index (χ3n) is 11.2. The number of piperidine rings is 2. The molecule has 270 valence electrons. The van der Waals surface area contributed by atoms with Crippen molar-refractivity contribution in [3.63, 3.8) is 0 Å². The summed E-state index contributed by atoms with van der Waals surface area (Å²) in [5.41, 5.74) is 4.94. The number of carbonyl (C=O) groups excluding carboxylic acids is 4. The van der Waals surface area contributed by atoms with Crippen LogP contribution in [0.15, 0.2) is 30.7 Å². The summed E-state index contributed by atoms with van der Waals surface area (Å²) in [6.07, 6.45) is 10.8. The molecule has 3 N–H and O–H groups in total. The number of aromatic nitrogens is 6. The Balaban J connectivity index is 0.779. The standard InChI is InChI=1S/C36H41N11O5/c1-20-17-44(11-8-27(20)40-36-41-29-16-37-31(23-14-38-39-15-23)35(47(29)43-36)52-24-4-2-5-24)9-3-10-45-18-21-12-25-26(13-22(21)19-45)34(51)46(33(25)50)28-6-7-30(48)42-32(28)49/h12-16,20,24,27-28H,2-11,17-19H2,1H3,(H,38,39)(H,40,43)(H,42,48,49)/t20-,27+,28?/m1/s1. The van der Waals surface area contributed by atoms with E-state index in [-0.39, 0.29) is 30.9 Å². The second-order valence-corrected chi connectivity index (χ2v) is 14.8. The molecule has 4 aliphatic heterocycles. The quantitative estimate of drug-likeness (QED) is 0.205. The highest BCUT2D eigenvalue weighted by atomic mass is 16.5. The Labute approximate surface area is 299 Å². The van der Waals surface area contributed by atoms with E-state index < -0.39 is 23.8 Å². The maximum absolute atomic E-state index is 13.3. The van der Waals surface area contributed by atoms with Crippen LogP contribution in [0.4, 0.5) is 5.95 Å². The zero-order valence-corrected chi connectivity index (χ0v) is 29.0. The highest BCUT2D eigenvalue weighted by Gasteiger charge is 2.45. The summed E-state index contributed by atoms with van der Waals surface area (Å²) in [7, 11) is 0. The lowest BCUT2D eigenvalue weighted by Gasteiger charge is -2.37. The SMILES string of the molecule is C[C@@H]1CN(CCCN2Cc3cc4c(cc3C2)C(=O)N(C2CCC(=O)NC2=O)C4=O)CC[C@@H]1Nc1nc2cnc(-c3cn[nH]c3)c(OC3CCC3)n2n1. The molecular formula is C36H41N11O5. The Bertz CT molecular complexity index is 2030. The van der Waals surface area contributed by atoms with Crippen molar-refractivity contribution in [3.05, 3.63) is 53.0 Å². The van der Waals surface area contributed by atoms with Crippen LogP contribution >= 0.6 is 0 Å². The molecule has 1 saturated carbocycles. The minimum absolute atomic E-state index is 0.105. The maximum atomic E-state index is 13.3. The van der Waals surface area contributed by atoms with E-state index in [0.29, 0.717) is 53.3 Å². The number of fused-ring (bicyclic) bond motifs is 3. The topological polar surface area (TPSA) is 183 Å². The van der Waals surface area contributed by atoms with E-state index in [1.165, 1.54) is 0 Å². The number of nitrogens with one attached hydrogen (secondary N) is 3. The summed E-state index contributed by atoms with van der Waals surface area (Å²) in [5.74, 6) is -0.341. The molecule has 5 aliphatic rings. The number of nitrogens with zero attached hydrogens (tertiary/aromatic N) is 8. The number of imide groups is 2. The highest BCUT2D eigenvalue weighted by Crippen LogP contribution is 2.35. The van der Waals surface area contributed by atoms with Gasteiger partial charge in [0.25, 0.3) is 11.8 Å². The molecule has 4 aromatic rings. The zero-order valence-electron chi connectivity index (χ0n) is 29.0. The van der Waals surface area contributed by atoms with Gasteiger partial charge in [0.1, 0.15) is 17.8 Å². The molecule has 0 bridgehead atoms. The number of hydrogen-bond acceptors (Lipinski definition) is 12. The van der Waals surface area contributed by atoms with Crippen LogP contribution in [0.3, 0.4) is 0 Å². The van der Waals surface area contributed by atoms with Gasteiger partial charge in [-0.25, -0.2) is 4.98 Å². The summed E-state index contributed by atoms with van der Waals surface area (Å²) < 4.78 is 8.13. The first kappa shape index (κ1) is 32.7. The van der Waals surface area contributed by atoms with Gasteiger partial charge in [-0.1, -0.05) is 6.92 Å². The number of ether oxygens (including phenoxy) is 1. The predicted molar refractivity (Wildman–Crippen MR) is 186 cm³/mol. The molecule has 1 aliphatic carbocycles. The van der Waals surface area contributed by atoms with Crippen molar-refractivity contribution in [1.82, 2.24) is 49.8 Å². The average Bonchev–Trinajstić information content (AvgIpc) is 3.90. The number of benzene rings is 1. The Kier molecular flexibility index (Phi) is 8.22. The first-order chi connectivity index (χ1) is 25.3. The number of hydrogen-bond donors (Lipinski definition) is 3. The number of H-pyrrole nitrogens is 1. The number of amides is 4. The maximum Gasteiger partial charge on any atom is 0.262 e. The Morgan fingerprint density at radius 3 is 2.40 bits per heavy atom. The van der Waals surface area contributed by atoms with Crippen LogP contribution in [0.25, 0.3) is 16.9 Å². The van der Waals surface area contributed by atoms with Crippen LogP contribution in [0.2, 0.25) is 0 Å². The van der Waals surface area contributed by atoms with E-state index in [9.17, 15) is 19.2 Å². The van der Waals surface area contributed by atoms with E-state index in [0.717, 1.165) is 79.9 Å². The number of rotatable bonds is 10. The van der Waals surface area contributed by atoms with E-state index in [4.69, 9.17) is 14.8 Å². The molecule has 1 unspecified atom stereocenters. The molecule has 4 amide bonds. The minimum Gasteiger partial charge on any atom is -0.473 e.